The number of hydrogen-bond acceptors (Lipinski definition) is 5. The maximum absolute atomic E-state index is 11.8. The number of rotatable bonds is 3. The summed E-state index contributed by atoms with van der Waals surface area (Å²) in [6, 6.07) is 4.90. The van der Waals surface area contributed by atoms with E-state index in [2.05, 4.69) is 4.90 Å². The summed E-state index contributed by atoms with van der Waals surface area (Å²) in [4.78, 5) is 25.4. The van der Waals surface area contributed by atoms with E-state index in [9.17, 15) is 9.59 Å². The van der Waals surface area contributed by atoms with Gasteiger partial charge in [-0.25, -0.2) is 9.59 Å². The van der Waals surface area contributed by atoms with Crippen molar-refractivity contribution in [2.24, 2.45) is 0 Å². The molecule has 0 amide bonds. The highest BCUT2D eigenvalue weighted by Gasteiger charge is 2.21. The normalized spacial score (nSPS) is 14.3. The Hall–Kier alpha value is -2.04. The van der Waals surface area contributed by atoms with Gasteiger partial charge in [-0.2, -0.15) is 0 Å². The monoisotopic (exact) mass is 263 g/mol. The van der Waals surface area contributed by atoms with Crippen molar-refractivity contribution in [1.29, 1.82) is 0 Å². The molecule has 0 unspecified atom stereocenters. The van der Waals surface area contributed by atoms with Crippen molar-refractivity contribution in [3.05, 3.63) is 29.3 Å². The number of methoxy groups -OCH3 is 2. The van der Waals surface area contributed by atoms with E-state index in [0.29, 0.717) is 11.1 Å². The zero-order valence-corrected chi connectivity index (χ0v) is 11.1. The van der Waals surface area contributed by atoms with Gasteiger partial charge in [-0.1, -0.05) is 0 Å². The van der Waals surface area contributed by atoms with Crippen LogP contribution >= 0.6 is 0 Å². The van der Waals surface area contributed by atoms with Gasteiger partial charge >= 0.3 is 11.9 Å². The van der Waals surface area contributed by atoms with E-state index >= 15 is 0 Å². The predicted octanol–water partition coefficient (Wildman–Crippen LogP) is 1.86. The summed E-state index contributed by atoms with van der Waals surface area (Å²) in [7, 11) is 2.69. The summed E-state index contributed by atoms with van der Waals surface area (Å²) in [5, 5.41) is 0. The van der Waals surface area contributed by atoms with Crippen molar-refractivity contribution in [2.75, 3.05) is 32.2 Å². The van der Waals surface area contributed by atoms with Crippen molar-refractivity contribution in [3.63, 3.8) is 0 Å². The molecule has 1 aliphatic heterocycles. The highest BCUT2D eigenvalue weighted by Crippen LogP contribution is 2.27. The maximum Gasteiger partial charge on any atom is 0.339 e. The minimum atomic E-state index is -0.406. The number of carbonyl (C=O) groups is 2. The molecule has 0 N–H and O–H groups in total. The summed E-state index contributed by atoms with van der Waals surface area (Å²) in [6.45, 7) is 1.77. The van der Waals surface area contributed by atoms with E-state index in [1.807, 2.05) is 0 Å². The van der Waals surface area contributed by atoms with Crippen molar-refractivity contribution in [1.82, 2.24) is 0 Å². The molecule has 0 atom stereocenters. The summed E-state index contributed by atoms with van der Waals surface area (Å²) in [5.74, 6) is -0.796. The van der Waals surface area contributed by atoms with Gasteiger partial charge in [-0.15, -0.1) is 0 Å². The topological polar surface area (TPSA) is 55.8 Å². The van der Waals surface area contributed by atoms with Crippen molar-refractivity contribution in [3.8, 4) is 0 Å². The first-order chi connectivity index (χ1) is 9.17. The molecule has 0 aliphatic carbocycles. The van der Waals surface area contributed by atoms with Crippen LogP contribution in [0.4, 0.5) is 5.69 Å². The average molecular weight is 263 g/mol. The van der Waals surface area contributed by atoms with Crippen LogP contribution in [-0.2, 0) is 9.47 Å². The molecule has 1 fully saturated rings. The third kappa shape index (κ3) is 2.70. The highest BCUT2D eigenvalue weighted by molar-refractivity contribution is 5.99. The second-order valence-corrected chi connectivity index (χ2v) is 4.41. The molecular weight excluding hydrogens is 246 g/mol. The third-order valence-electron chi connectivity index (χ3n) is 3.27. The van der Waals surface area contributed by atoms with Crippen LogP contribution in [0, 0.1) is 0 Å². The number of hydrogen-bond donors (Lipinski definition) is 0. The zero-order chi connectivity index (χ0) is 13.8. The molecule has 1 heterocycles. The first-order valence-corrected chi connectivity index (χ1v) is 6.23. The van der Waals surface area contributed by atoms with E-state index < -0.39 is 11.9 Å². The molecule has 5 nitrogen and oxygen atoms in total. The van der Waals surface area contributed by atoms with Crippen molar-refractivity contribution in [2.45, 2.75) is 12.8 Å². The number of anilines is 1. The van der Waals surface area contributed by atoms with Crippen LogP contribution in [0.1, 0.15) is 33.6 Å². The van der Waals surface area contributed by atoms with E-state index in [0.717, 1.165) is 31.6 Å². The van der Waals surface area contributed by atoms with Crippen LogP contribution in [0.3, 0.4) is 0 Å². The van der Waals surface area contributed by atoms with Gasteiger partial charge < -0.3 is 14.4 Å². The lowest BCUT2D eigenvalue weighted by molar-refractivity contribution is 0.0587. The first kappa shape index (κ1) is 13.4. The second-order valence-electron chi connectivity index (χ2n) is 4.41. The first-order valence-electron chi connectivity index (χ1n) is 6.23. The molecule has 0 saturated carbocycles. The largest absolute Gasteiger partial charge is 0.465 e. The van der Waals surface area contributed by atoms with E-state index in [1.54, 1.807) is 18.2 Å². The minimum Gasteiger partial charge on any atom is -0.465 e. The van der Waals surface area contributed by atoms with E-state index in [1.165, 1.54) is 14.2 Å². The standard InChI is InChI=1S/C14H17NO4/c1-18-13(16)10-5-6-11(14(17)19-2)12(9-10)15-7-3-4-8-15/h5-6,9H,3-4,7-8H2,1-2H3. The molecule has 5 heteroatoms. The molecule has 1 aromatic carbocycles. The SMILES string of the molecule is COC(=O)c1ccc(C(=O)OC)c(N2CCCC2)c1. The Balaban J connectivity index is 2.43. The van der Waals surface area contributed by atoms with Gasteiger partial charge in [0.15, 0.2) is 0 Å². The van der Waals surface area contributed by atoms with Crippen molar-refractivity contribution < 1.29 is 19.1 Å². The van der Waals surface area contributed by atoms with Gasteiger partial charge in [-0.3, -0.25) is 0 Å². The van der Waals surface area contributed by atoms with Crippen LogP contribution in [0.25, 0.3) is 0 Å². The van der Waals surface area contributed by atoms with Crippen molar-refractivity contribution >= 4 is 17.6 Å². The lowest BCUT2D eigenvalue weighted by atomic mass is 10.1. The Bertz CT molecular complexity index is 492. The van der Waals surface area contributed by atoms with E-state index in [4.69, 9.17) is 9.47 Å². The van der Waals surface area contributed by atoms with Gasteiger partial charge in [0, 0.05) is 13.1 Å². The van der Waals surface area contributed by atoms with E-state index in [-0.39, 0.29) is 0 Å². The minimum absolute atomic E-state index is 0.390. The molecule has 1 aliphatic rings. The van der Waals surface area contributed by atoms with Gasteiger partial charge in [0.2, 0.25) is 0 Å². The van der Waals surface area contributed by atoms with Crippen LogP contribution in [0.5, 0.6) is 0 Å². The van der Waals surface area contributed by atoms with Gasteiger partial charge in [0.25, 0.3) is 0 Å². The second kappa shape index (κ2) is 5.73. The van der Waals surface area contributed by atoms with Gasteiger partial charge in [0.05, 0.1) is 31.0 Å². The zero-order valence-electron chi connectivity index (χ0n) is 11.1. The lowest BCUT2D eigenvalue weighted by Crippen LogP contribution is -2.21. The Morgan fingerprint density at radius 3 is 2.26 bits per heavy atom. The number of benzene rings is 1. The van der Waals surface area contributed by atoms with Crippen LogP contribution in [-0.4, -0.2) is 39.2 Å². The third-order valence-corrected chi connectivity index (χ3v) is 3.27. The summed E-state index contributed by atoms with van der Waals surface area (Å²) >= 11 is 0. The molecule has 0 spiro atoms. The molecule has 0 radical (unpaired) electrons. The average Bonchev–Trinajstić information content (AvgIpc) is 2.99. The molecule has 1 aromatic rings. The number of carbonyl (C=O) groups excluding carboxylic acids is 2. The Morgan fingerprint density at radius 2 is 1.68 bits per heavy atom. The fourth-order valence-corrected chi connectivity index (χ4v) is 2.28. The molecule has 1 saturated heterocycles. The molecule has 2 rings (SSSR count). The Morgan fingerprint density at radius 1 is 1.05 bits per heavy atom. The fourth-order valence-electron chi connectivity index (χ4n) is 2.28. The fraction of sp³-hybridized carbons (Fsp3) is 0.429. The quantitative estimate of drug-likeness (QED) is 0.779. The molecular formula is C14H17NO4. The molecule has 0 bridgehead atoms. The Labute approximate surface area is 112 Å². The molecule has 102 valence electrons. The number of ether oxygens (including phenoxy) is 2. The Kier molecular flexibility index (Phi) is 4.04. The summed E-state index contributed by atoms with van der Waals surface area (Å²) in [6.07, 6.45) is 2.17. The smallest absolute Gasteiger partial charge is 0.339 e. The number of nitrogens with zero attached hydrogens (tertiary/aromatic N) is 1. The number of esters is 2. The summed E-state index contributed by atoms with van der Waals surface area (Å²) < 4.78 is 9.49. The highest BCUT2D eigenvalue weighted by atomic mass is 16.5. The lowest BCUT2D eigenvalue weighted by Gasteiger charge is -2.21. The predicted molar refractivity (Wildman–Crippen MR) is 70.6 cm³/mol. The summed E-state index contributed by atoms with van der Waals surface area (Å²) in [5.41, 5.74) is 1.67. The molecule has 19 heavy (non-hydrogen) atoms. The van der Waals surface area contributed by atoms with Crippen LogP contribution < -0.4 is 4.90 Å². The van der Waals surface area contributed by atoms with Crippen LogP contribution in [0.15, 0.2) is 18.2 Å². The maximum atomic E-state index is 11.8. The van der Waals surface area contributed by atoms with Gasteiger partial charge in [0.1, 0.15) is 0 Å². The van der Waals surface area contributed by atoms with Gasteiger partial charge in [-0.05, 0) is 31.0 Å². The van der Waals surface area contributed by atoms with Crippen LogP contribution in [0.2, 0.25) is 0 Å². The molecule has 0 aromatic heterocycles.